The summed E-state index contributed by atoms with van der Waals surface area (Å²) in [6, 6.07) is 6.12. The Balaban J connectivity index is 1.43. The molecule has 0 radical (unpaired) electrons. The molecule has 0 N–H and O–H groups in total. The third-order valence-electron chi connectivity index (χ3n) is 6.05. The molecule has 29 heavy (non-hydrogen) atoms. The Bertz CT molecular complexity index is 849. The van der Waals surface area contributed by atoms with Gasteiger partial charge in [-0.05, 0) is 49.4 Å². The normalized spacial score (nSPS) is 22.1. The molecule has 154 valence electrons. The number of aromatic nitrogens is 2. The standard InChI is InChI=1S/C22H27FN4O2/c23-17-3-5-18(6-4-17)29-21-19-14-26(13-16-8-12-28-15-16)11-7-20(19)24-22(25-21)27-9-1-2-10-27/h3-6,16H,1-2,7-15H2. The number of anilines is 1. The summed E-state index contributed by atoms with van der Waals surface area (Å²) in [7, 11) is 0. The lowest BCUT2D eigenvalue weighted by atomic mass is 10.0. The van der Waals surface area contributed by atoms with E-state index in [1.807, 2.05) is 0 Å². The first-order valence-electron chi connectivity index (χ1n) is 10.6. The molecule has 2 aromatic rings. The van der Waals surface area contributed by atoms with Crippen molar-refractivity contribution in [1.82, 2.24) is 14.9 Å². The Morgan fingerprint density at radius 2 is 1.93 bits per heavy atom. The minimum Gasteiger partial charge on any atom is -0.438 e. The zero-order chi connectivity index (χ0) is 19.6. The quantitative estimate of drug-likeness (QED) is 0.770. The SMILES string of the molecule is Fc1ccc(Oc2nc(N3CCCC3)nc3c2CN(CC2CCOC2)CC3)cc1. The zero-order valence-corrected chi connectivity index (χ0v) is 16.6. The lowest BCUT2D eigenvalue weighted by Crippen LogP contribution is -2.36. The van der Waals surface area contributed by atoms with Crippen molar-refractivity contribution < 1.29 is 13.9 Å². The molecule has 1 aromatic heterocycles. The van der Waals surface area contributed by atoms with Gasteiger partial charge in [-0.2, -0.15) is 4.98 Å². The summed E-state index contributed by atoms with van der Waals surface area (Å²) >= 11 is 0. The summed E-state index contributed by atoms with van der Waals surface area (Å²) in [4.78, 5) is 14.4. The van der Waals surface area contributed by atoms with Crippen molar-refractivity contribution in [1.29, 1.82) is 0 Å². The van der Waals surface area contributed by atoms with Gasteiger partial charge in [0, 0.05) is 45.8 Å². The first-order chi connectivity index (χ1) is 14.2. The van der Waals surface area contributed by atoms with Crippen molar-refractivity contribution >= 4 is 5.95 Å². The zero-order valence-electron chi connectivity index (χ0n) is 16.6. The summed E-state index contributed by atoms with van der Waals surface area (Å²) < 4.78 is 25.0. The molecule has 3 aliphatic rings. The summed E-state index contributed by atoms with van der Waals surface area (Å²) in [5.41, 5.74) is 2.14. The molecule has 6 nitrogen and oxygen atoms in total. The van der Waals surface area contributed by atoms with Crippen molar-refractivity contribution in [2.45, 2.75) is 32.2 Å². The van der Waals surface area contributed by atoms with Crippen LogP contribution in [0.4, 0.5) is 10.3 Å². The smallest absolute Gasteiger partial charge is 0.228 e. The minimum absolute atomic E-state index is 0.273. The fraction of sp³-hybridized carbons (Fsp3) is 0.545. The average Bonchev–Trinajstić information content (AvgIpc) is 3.44. The topological polar surface area (TPSA) is 50.7 Å². The van der Waals surface area contributed by atoms with Crippen LogP contribution in [0.3, 0.4) is 0 Å². The number of benzene rings is 1. The third kappa shape index (κ3) is 4.21. The van der Waals surface area contributed by atoms with Crippen LogP contribution in [0.25, 0.3) is 0 Å². The minimum atomic E-state index is -0.273. The van der Waals surface area contributed by atoms with Crippen LogP contribution in [-0.4, -0.2) is 54.3 Å². The number of hydrogen-bond donors (Lipinski definition) is 0. The molecule has 1 aromatic carbocycles. The van der Waals surface area contributed by atoms with Crippen LogP contribution in [-0.2, 0) is 17.7 Å². The fourth-order valence-electron chi connectivity index (χ4n) is 4.43. The molecule has 5 rings (SSSR count). The average molecular weight is 398 g/mol. The maximum Gasteiger partial charge on any atom is 0.228 e. The van der Waals surface area contributed by atoms with E-state index in [4.69, 9.17) is 19.4 Å². The second kappa shape index (κ2) is 8.24. The third-order valence-corrected chi connectivity index (χ3v) is 6.05. The van der Waals surface area contributed by atoms with E-state index in [0.717, 1.165) is 76.0 Å². The van der Waals surface area contributed by atoms with Crippen LogP contribution in [0, 0.1) is 11.7 Å². The van der Waals surface area contributed by atoms with Gasteiger partial charge in [-0.15, -0.1) is 0 Å². The molecule has 1 atom stereocenters. The van der Waals surface area contributed by atoms with Crippen molar-refractivity contribution in [3.8, 4) is 11.6 Å². The van der Waals surface area contributed by atoms with Gasteiger partial charge in [-0.1, -0.05) is 0 Å². The number of halogens is 1. The number of hydrogen-bond acceptors (Lipinski definition) is 6. The molecule has 2 saturated heterocycles. The van der Waals surface area contributed by atoms with Gasteiger partial charge in [0.05, 0.1) is 17.9 Å². The van der Waals surface area contributed by atoms with Gasteiger partial charge in [0.2, 0.25) is 11.8 Å². The highest BCUT2D eigenvalue weighted by Crippen LogP contribution is 2.32. The molecular formula is C22H27FN4O2. The molecule has 0 spiro atoms. The summed E-state index contributed by atoms with van der Waals surface area (Å²) in [6.45, 7) is 6.51. The first kappa shape index (κ1) is 18.8. The maximum atomic E-state index is 13.3. The van der Waals surface area contributed by atoms with E-state index in [1.165, 1.54) is 25.0 Å². The summed E-state index contributed by atoms with van der Waals surface area (Å²) in [5, 5.41) is 0. The van der Waals surface area contributed by atoms with E-state index in [-0.39, 0.29) is 5.82 Å². The highest BCUT2D eigenvalue weighted by atomic mass is 19.1. The van der Waals surface area contributed by atoms with Crippen LogP contribution in [0.15, 0.2) is 24.3 Å². The highest BCUT2D eigenvalue weighted by Gasteiger charge is 2.28. The Hall–Kier alpha value is -2.25. The van der Waals surface area contributed by atoms with Crippen LogP contribution in [0.2, 0.25) is 0 Å². The molecule has 0 aliphatic carbocycles. The van der Waals surface area contributed by atoms with Crippen LogP contribution in [0.5, 0.6) is 11.6 Å². The second-order valence-corrected chi connectivity index (χ2v) is 8.22. The van der Waals surface area contributed by atoms with E-state index >= 15 is 0 Å². The predicted molar refractivity (Wildman–Crippen MR) is 108 cm³/mol. The Kier molecular flexibility index (Phi) is 5.33. The van der Waals surface area contributed by atoms with Crippen LogP contribution in [0.1, 0.15) is 30.5 Å². The lowest BCUT2D eigenvalue weighted by Gasteiger charge is -2.31. The van der Waals surface area contributed by atoms with Crippen LogP contribution < -0.4 is 9.64 Å². The maximum absolute atomic E-state index is 13.3. The molecule has 4 heterocycles. The summed E-state index contributed by atoms with van der Waals surface area (Å²) in [5.74, 6) is 2.29. The first-order valence-corrected chi connectivity index (χ1v) is 10.6. The number of rotatable bonds is 5. The molecule has 2 fully saturated rings. The van der Waals surface area contributed by atoms with E-state index < -0.39 is 0 Å². The molecule has 0 bridgehead atoms. The fourth-order valence-corrected chi connectivity index (χ4v) is 4.43. The highest BCUT2D eigenvalue weighted by molar-refractivity contribution is 5.44. The Morgan fingerprint density at radius 1 is 1.10 bits per heavy atom. The van der Waals surface area contributed by atoms with E-state index in [2.05, 4.69) is 9.80 Å². The molecule has 0 amide bonds. The van der Waals surface area contributed by atoms with Gasteiger partial charge < -0.3 is 14.4 Å². The largest absolute Gasteiger partial charge is 0.438 e. The predicted octanol–water partition coefficient (Wildman–Crippen LogP) is 3.40. The molecular weight excluding hydrogens is 371 g/mol. The Labute approximate surface area is 170 Å². The number of nitrogens with zero attached hydrogens (tertiary/aromatic N) is 4. The van der Waals surface area contributed by atoms with Gasteiger partial charge in [0.1, 0.15) is 11.6 Å². The van der Waals surface area contributed by atoms with Gasteiger partial charge >= 0.3 is 0 Å². The van der Waals surface area contributed by atoms with Gasteiger partial charge in [0.25, 0.3) is 0 Å². The van der Waals surface area contributed by atoms with Crippen molar-refractivity contribution in [3.05, 3.63) is 41.3 Å². The van der Waals surface area contributed by atoms with Crippen LogP contribution >= 0.6 is 0 Å². The Morgan fingerprint density at radius 3 is 2.69 bits per heavy atom. The van der Waals surface area contributed by atoms with Crippen molar-refractivity contribution in [2.24, 2.45) is 5.92 Å². The summed E-state index contributed by atoms with van der Waals surface area (Å²) in [6.07, 6.45) is 4.37. The van der Waals surface area contributed by atoms with Crippen molar-refractivity contribution in [2.75, 3.05) is 44.3 Å². The van der Waals surface area contributed by atoms with Gasteiger partial charge in [-0.25, -0.2) is 9.37 Å². The van der Waals surface area contributed by atoms with E-state index in [9.17, 15) is 4.39 Å². The van der Waals surface area contributed by atoms with Gasteiger partial charge in [-0.3, -0.25) is 4.90 Å². The molecule has 7 heteroatoms. The van der Waals surface area contributed by atoms with Crippen molar-refractivity contribution in [3.63, 3.8) is 0 Å². The molecule has 1 unspecified atom stereocenters. The van der Waals surface area contributed by atoms with Gasteiger partial charge in [0.15, 0.2) is 0 Å². The lowest BCUT2D eigenvalue weighted by molar-refractivity contribution is 0.161. The molecule has 0 saturated carbocycles. The van der Waals surface area contributed by atoms with E-state index in [0.29, 0.717) is 17.5 Å². The number of fused-ring (bicyclic) bond motifs is 1. The second-order valence-electron chi connectivity index (χ2n) is 8.22. The molecule has 3 aliphatic heterocycles. The van der Waals surface area contributed by atoms with E-state index in [1.54, 1.807) is 12.1 Å². The monoisotopic (exact) mass is 398 g/mol. The number of ether oxygens (including phenoxy) is 2.